The van der Waals surface area contributed by atoms with E-state index in [0.29, 0.717) is 22.3 Å². The van der Waals surface area contributed by atoms with Crippen LogP contribution in [0.25, 0.3) is 10.9 Å². The van der Waals surface area contributed by atoms with Crippen molar-refractivity contribution in [3.63, 3.8) is 0 Å². The SMILES string of the molecule is CCC(c1ccc(OC)cc1)N(N)c1ncnc2c(C(N)=O)cccc12. The summed E-state index contributed by atoms with van der Waals surface area (Å²) < 4.78 is 5.21. The number of nitrogens with two attached hydrogens (primary N) is 2. The summed E-state index contributed by atoms with van der Waals surface area (Å²) in [6.07, 6.45) is 2.16. The molecule has 1 heterocycles. The molecule has 1 amide bonds. The lowest BCUT2D eigenvalue weighted by Crippen LogP contribution is -2.36. The lowest BCUT2D eigenvalue weighted by atomic mass is 10.0. The summed E-state index contributed by atoms with van der Waals surface area (Å²) in [6.45, 7) is 2.05. The molecule has 0 spiro atoms. The van der Waals surface area contributed by atoms with Crippen LogP contribution in [0.5, 0.6) is 5.75 Å². The molecular weight excluding hydrogens is 330 g/mol. The molecule has 0 aliphatic carbocycles. The van der Waals surface area contributed by atoms with Gasteiger partial charge in [-0.3, -0.25) is 9.80 Å². The monoisotopic (exact) mass is 351 g/mol. The number of carbonyl (C=O) groups excluding carboxylic acids is 1. The number of nitrogens with zero attached hydrogens (tertiary/aromatic N) is 3. The van der Waals surface area contributed by atoms with Gasteiger partial charge in [0.15, 0.2) is 5.82 Å². The van der Waals surface area contributed by atoms with E-state index in [-0.39, 0.29) is 6.04 Å². The van der Waals surface area contributed by atoms with Gasteiger partial charge in [0.25, 0.3) is 5.91 Å². The van der Waals surface area contributed by atoms with Gasteiger partial charge in [-0.25, -0.2) is 15.8 Å². The number of hydrogen-bond acceptors (Lipinski definition) is 6. The standard InChI is InChI=1S/C19H21N5O2/c1-3-16(12-7-9-13(26-2)10-8-12)24(21)19-15-6-4-5-14(18(20)25)17(15)22-11-23-19/h4-11,16H,3,21H2,1-2H3,(H2,20,25). The summed E-state index contributed by atoms with van der Waals surface area (Å²) in [5, 5.41) is 2.29. The number of anilines is 1. The molecule has 7 heteroatoms. The second-order valence-electron chi connectivity index (χ2n) is 5.87. The Morgan fingerprint density at radius 1 is 1.19 bits per heavy atom. The lowest BCUT2D eigenvalue weighted by Gasteiger charge is -2.28. The van der Waals surface area contributed by atoms with E-state index in [9.17, 15) is 4.79 Å². The van der Waals surface area contributed by atoms with Crippen LogP contribution in [-0.2, 0) is 0 Å². The van der Waals surface area contributed by atoms with Crippen molar-refractivity contribution in [1.29, 1.82) is 0 Å². The summed E-state index contributed by atoms with van der Waals surface area (Å²) in [6, 6.07) is 12.9. The van der Waals surface area contributed by atoms with Crippen LogP contribution in [-0.4, -0.2) is 23.0 Å². The molecule has 2 aromatic carbocycles. The molecular formula is C19H21N5O2. The number of para-hydroxylation sites is 1. The summed E-state index contributed by atoms with van der Waals surface area (Å²) in [7, 11) is 1.63. The van der Waals surface area contributed by atoms with Crippen molar-refractivity contribution >= 4 is 22.6 Å². The van der Waals surface area contributed by atoms with Crippen LogP contribution in [0.1, 0.15) is 35.3 Å². The molecule has 1 aromatic heterocycles. The molecule has 0 fully saturated rings. The maximum absolute atomic E-state index is 11.7. The van der Waals surface area contributed by atoms with E-state index in [0.717, 1.165) is 17.7 Å². The molecule has 0 saturated carbocycles. The van der Waals surface area contributed by atoms with Gasteiger partial charge < -0.3 is 10.5 Å². The summed E-state index contributed by atoms with van der Waals surface area (Å²) in [4.78, 5) is 20.2. The smallest absolute Gasteiger partial charge is 0.250 e. The van der Waals surface area contributed by atoms with E-state index < -0.39 is 5.91 Å². The van der Waals surface area contributed by atoms with Gasteiger partial charge in [0.2, 0.25) is 0 Å². The van der Waals surface area contributed by atoms with Gasteiger partial charge >= 0.3 is 0 Å². The third kappa shape index (κ3) is 3.16. The molecule has 7 nitrogen and oxygen atoms in total. The van der Waals surface area contributed by atoms with Crippen LogP contribution in [0.2, 0.25) is 0 Å². The number of benzene rings is 2. The topological polar surface area (TPSA) is 107 Å². The molecule has 0 saturated heterocycles. The van der Waals surface area contributed by atoms with E-state index in [2.05, 4.69) is 9.97 Å². The fourth-order valence-electron chi connectivity index (χ4n) is 3.05. The fourth-order valence-corrected chi connectivity index (χ4v) is 3.05. The van der Waals surface area contributed by atoms with Crippen LogP contribution in [0, 0.1) is 0 Å². The highest BCUT2D eigenvalue weighted by Gasteiger charge is 2.21. The van der Waals surface area contributed by atoms with E-state index in [1.165, 1.54) is 6.33 Å². The Bertz CT molecular complexity index is 927. The highest BCUT2D eigenvalue weighted by atomic mass is 16.5. The van der Waals surface area contributed by atoms with E-state index >= 15 is 0 Å². The highest BCUT2D eigenvalue weighted by Crippen LogP contribution is 2.31. The van der Waals surface area contributed by atoms with Crippen molar-refractivity contribution in [2.24, 2.45) is 11.6 Å². The van der Waals surface area contributed by atoms with Crippen LogP contribution in [0.15, 0.2) is 48.8 Å². The minimum Gasteiger partial charge on any atom is -0.497 e. The van der Waals surface area contributed by atoms with Crippen LogP contribution in [0.3, 0.4) is 0 Å². The molecule has 134 valence electrons. The molecule has 3 aromatic rings. The zero-order chi connectivity index (χ0) is 18.7. The summed E-state index contributed by atoms with van der Waals surface area (Å²) >= 11 is 0. The number of fused-ring (bicyclic) bond motifs is 1. The zero-order valence-corrected chi connectivity index (χ0v) is 14.7. The largest absolute Gasteiger partial charge is 0.497 e. The zero-order valence-electron chi connectivity index (χ0n) is 14.7. The minimum atomic E-state index is -0.536. The molecule has 0 aliphatic rings. The first-order chi connectivity index (χ1) is 12.6. The molecule has 0 bridgehead atoms. The van der Waals surface area contributed by atoms with Gasteiger partial charge in [-0.2, -0.15) is 0 Å². The summed E-state index contributed by atoms with van der Waals surface area (Å²) in [5.41, 5.74) is 7.33. The number of amides is 1. The van der Waals surface area contributed by atoms with E-state index in [1.807, 2.05) is 37.3 Å². The third-order valence-corrected chi connectivity index (χ3v) is 4.38. The van der Waals surface area contributed by atoms with E-state index in [1.54, 1.807) is 24.3 Å². The number of carbonyl (C=O) groups is 1. The van der Waals surface area contributed by atoms with Gasteiger partial charge in [-0.1, -0.05) is 25.1 Å². The quantitative estimate of drug-likeness (QED) is 0.522. The fraction of sp³-hybridized carbons (Fsp3) is 0.211. The Morgan fingerprint density at radius 3 is 2.54 bits per heavy atom. The number of aromatic nitrogens is 2. The molecule has 0 aliphatic heterocycles. The van der Waals surface area contributed by atoms with Crippen molar-refractivity contribution in [2.45, 2.75) is 19.4 Å². The number of hydrazine groups is 1. The second kappa shape index (κ2) is 7.37. The molecule has 26 heavy (non-hydrogen) atoms. The number of hydrogen-bond donors (Lipinski definition) is 2. The predicted molar refractivity (Wildman–Crippen MR) is 101 cm³/mol. The van der Waals surface area contributed by atoms with Crippen LogP contribution < -0.4 is 21.3 Å². The van der Waals surface area contributed by atoms with Gasteiger partial charge in [0.1, 0.15) is 12.1 Å². The Morgan fingerprint density at radius 2 is 1.92 bits per heavy atom. The van der Waals surface area contributed by atoms with Gasteiger partial charge in [-0.15, -0.1) is 0 Å². The number of primary amides is 1. The van der Waals surface area contributed by atoms with Crippen molar-refractivity contribution in [3.8, 4) is 5.75 Å². The third-order valence-electron chi connectivity index (χ3n) is 4.38. The van der Waals surface area contributed by atoms with Crippen molar-refractivity contribution < 1.29 is 9.53 Å². The average molecular weight is 351 g/mol. The predicted octanol–water partition coefficient (Wildman–Crippen LogP) is 2.57. The van der Waals surface area contributed by atoms with E-state index in [4.69, 9.17) is 16.3 Å². The Kier molecular flexibility index (Phi) is 4.99. The van der Waals surface area contributed by atoms with Crippen molar-refractivity contribution in [3.05, 3.63) is 59.9 Å². The van der Waals surface area contributed by atoms with Gasteiger partial charge in [0.05, 0.1) is 24.2 Å². The first kappa shape index (κ1) is 17.6. The molecule has 3 rings (SSSR count). The molecule has 0 radical (unpaired) electrons. The number of ether oxygens (including phenoxy) is 1. The average Bonchev–Trinajstić information content (AvgIpc) is 2.67. The molecule has 4 N–H and O–H groups in total. The second-order valence-corrected chi connectivity index (χ2v) is 5.87. The Hall–Kier alpha value is -3.19. The molecule has 1 atom stereocenters. The normalized spacial score (nSPS) is 12.0. The maximum atomic E-state index is 11.7. The number of rotatable bonds is 6. The first-order valence-corrected chi connectivity index (χ1v) is 8.28. The van der Waals surface area contributed by atoms with Gasteiger partial charge in [-0.05, 0) is 36.2 Å². The van der Waals surface area contributed by atoms with Crippen LogP contribution in [0.4, 0.5) is 5.82 Å². The Labute approximate surface area is 151 Å². The van der Waals surface area contributed by atoms with Crippen LogP contribution >= 0.6 is 0 Å². The first-order valence-electron chi connectivity index (χ1n) is 8.28. The van der Waals surface area contributed by atoms with Crippen molar-refractivity contribution in [1.82, 2.24) is 9.97 Å². The lowest BCUT2D eigenvalue weighted by molar-refractivity contribution is 0.100. The Balaban J connectivity index is 2.06. The van der Waals surface area contributed by atoms with Gasteiger partial charge in [0, 0.05) is 5.39 Å². The highest BCUT2D eigenvalue weighted by molar-refractivity contribution is 6.06. The number of methoxy groups -OCH3 is 1. The summed E-state index contributed by atoms with van der Waals surface area (Å²) in [5.74, 6) is 7.23. The minimum absolute atomic E-state index is 0.101. The van der Waals surface area contributed by atoms with Crippen molar-refractivity contribution in [2.75, 3.05) is 12.1 Å². The maximum Gasteiger partial charge on any atom is 0.250 e. The molecule has 1 unspecified atom stereocenters.